The first kappa shape index (κ1) is 24.1. The van der Waals surface area contributed by atoms with Gasteiger partial charge in [0, 0.05) is 5.92 Å². The highest BCUT2D eigenvalue weighted by molar-refractivity contribution is 7.98. The minimum absolute atomic E-state index is 0.0582. The number of amides is 2. The van der Waals surface area contributed by atoms with Crippen LogP contribution in [0, 0.1) is 5.92 Å². The van der Waals surface area contributed by atoms with Gasteiger partial charge < -0.3 is 20.5 Å². The summed E-state index contributed by atoms with van der Waals surface area (Å²) in [5.41, 5.74) is 4.50. The SMILES string of the molecule is CSCC[C@H](NC(=O)OCC1c2ccccc2-c2ccccc21)C(=O)NC(C(=O)O)C1CCC1. The maximum Gasteiger partial charge on any atom is 0.407 e. The largest absolute Gasteiger partial charge is 0.480 e. The number of hydrogen-bond donors (Lipinski definition) is 3. The van der Waals surface area contributed by atoms with Crippen LogP contribution in [-0.4, -0.2) is 53.8 Å². The number of alkyl carbamates (subject to hydrolysis) is 1. The average molecular weight is 483 g/mol. The van der Waals surface area contributed by atoms with Gasteiger partial charge in [-0.15, -0.1) is 0 Å². The van der Waals surface area contributed by atoms with Crippen LogP contribution >= 0.6 is 11.8 Å². The van der Waals surface area contributed by atoms with E-state index < -0.39 is 30.1 Å². The number of carbonyl (C=O) groups is 3. The number of hydrogen-bond acceptors (Lipinski definition) is 5. The third-order valence-electron chi connectivity index (χ3n) is 6.75. The van der Waals surface area contributed by atoms with E-state index in [-0.39, 0.29) is 18.4 Å². The molecule has 2 aromatic rings. The van der Waals surface area contributed by atoms with Crippen LogP contribution in [-0.2, 0) is 14.3 Å². The fourth-order valence-corrected chi connectivity index (χ4v) is 5.17. The number of carboxylic acids is 1. The van der Waals surface area contributed by atoms with Crippen LogP contribution in [0.1, 0.15) is 42.7 Å². The fourth-order valence-electron chi connectivity index (χ4n) is 4.70. The van der Waals surface area contributed by atoms with Crippen molar-refractivity contribution in [2.45, 2.75) is 43.7 Å². The highest BCUT2D eigenvalue weighted by atomic mass is 32.2. The smallest absolute Gasteiger partial charge is 0.407 e. The van der Waals surface area contributed by atoms with Crippen molar-refractivity contribution in [2.24, 2.45) is 5.92 Å². The van der Waals surface area contributed by atoms with Gasteiger partial charge in [0.05, 0.1) is 0 Å². The molecular weight excluding hydrogens is 452 g/mol. The molecule has 2 atom stereocenters. The van der Waals surface area contributed by atoms with E-state index in [9.17, 15) is 19.5 Å². The Morgan fingerprint density at radius 2 is 1.65 bits per heavy atom. The number of rotatable bonds is 10. The first-order valence-corrected chi connectivity index (χ1v) is 13.0. The van der Waals surface area contributed by atoms with Gasteiger partial charge in [-0.1, -0.05) is 55.0 Å². The van der Waals surface area contributed by atoms with Crippen molar-refractivity contribution >= 4 is 29.7 Å². The fraction of sp³-hybridized carbons (Fsp3) is 0.423. The molecule has 0 saturated heterocycles. The predicted molar refractivity (Wildman–Crippen MR) is 132 cm³/mol. The van der Waals surface area contributed by atoms with Crippen molar-refractivity contribution in [3.63, 3.8) is 0 Å². The van der Waals surface area contributed by atoms with E-state index in [1.165, 1.54) is 0 Å². The molecule has 8 heteroatoms. The first-order valence-electron chi connectivity index (χ1n) is 11.6. The van der Waals surface area contributed by atoms with Gasteiger partial charge in [-0.2, -0.15) is 11.8 Å². The Kier molecular flexibility index (Phi) is 7.77. The second kappa shape index (κ2) is 11.0. The molecule has 0 bridgehead atoms. The molecule has 3 N–H and O–H groups in total. The molecule has 2 aliphatic carbocycles. The van der Waals surface area contributed by atoms with Gasteiger partial charge in [-0.25, -0.2) is 9.59 Å². The number of fused-ring (bicyclic) bond motifs is 3. The molecular formula is C26H30N2O5S. The monoisotopic (exact) mass is 482 g/mol. The Balaban J connectivity index is 1.39. The number of nitrogens with one attached hydrogen (secondary N) is 2. The Hall–Kier alpha value is -3.00. The third kappa shape index (κ3) is 5.22. The standard InChI is InChI=1S/C26H30N2O5S/c1-34-14-13-22(24(29)28-23(25(30)31)16-7-6-8-16)27-26(32)33-15-21-19-11-4-2-9-17(19)18-10-3-5-12-20(18)21/h2-5,9-12,16,21-23H,6-8,13-15H2,1H3,(H,27,32)(H,28,29)(H,30,31)/t22-,23?/m0/s1. The molecule has 2 aromatic carbocycles. The summed E-state index contributed by atoms with van der Waals surface area (Å²) in [5.74, 6) is -1.02. The Labute approximate surface area is 203 Å². The third-order valence-corrected chi connectivity index (χ3v) is 7.39. The van der Waals surface area contributed by atoms with Crippen molar-refractivity contribution < 1.29 is 24.2 Å². The Morgan fingerprint density at radius 1 is 1.03 bits per heavy atom. The highest BCUT2D eigenvalue weighted by Gasteiger charge is 2.36. The van der Waals surface area contributed by atoms with Crippen LogP contribution in [0.5, 0.6) is 0 Å². The van der Waals surface area contributed by atoms with Crippen molar-refractivity contribution in [3.05, 3.63) is 59.7 Å². The number of ether oxygens (including phenoxy) is 1. The van der Waals surface area contributed by atoms with Crippen LogP contribution in [0.4, 0.5) is 4.79 Å². The molecule has 1 fully saturated rings. The van der Waals surface area contributed by atoms with Crippen molar-refractivity contribution in [1.82, 2.24) is 10.6 Å². The van der Waals surface area contributed by atoms with Gasteiger partial charge in [0.2, 0.25) is 5.91 Å². The lowest BCUT2D eigenvalue weighted by Crippen LogP contribution is -2.55. The van der Waals surface area contributed by atoms with E-state index >= 15 is 0 Å². The first-order chi connectivity index (χ1) is 16.5. The molecule has 1 saturated carbocycles. The number of benzene rings is 2. The average Bonchev–Trinajstić information content (AvgIpc) is 3.12. The van der Waals surface area contributed by atoms with Gasteiger partial charge >= 0.3 is 12.1 Å². The topological polar surface area (TPSA) is 105 Å². The second-order valence-corrected chi connectivity index (χ2v) is 9.81. The molecule has 4 rings (SSSR count). The molecule has 0 aliphatic heterocycles. The van der Waals surface area contributed by atoms with Crippen molar-refractivity contribution in [1.29, 1.82) is 0 Å². The molecule has 0 aromatic heterocycles. The lowest BCUT2D eigenvalue weighted by atomic mass is 9.79. The van der Waals surface area contributed by atoms with Crippen LogP contribution in [0.15, 0.2) is 48.5 Å². The van der Waals surface area contributed by atoms with Crippen LogP contribution in [0.2, 0.25) is 0 Å². The summed E-state index contributed by atoms with van der Waals surface area (Å²) in [6, 6.07) is 14.4. The number of aliphatic carboxylic acids is 1. The van der Waals surface area contributed by atoms with E-state index in [4.69, 9.17) is 4.74 Å². The van der Waals surface area contributed by atoms with E-state index in [0.29, 0.717) is 12.2 Å². The molecule has 34 heavy (non-hydrogen) atoms. The Bertz CT molecular complexity index is 1010. The minimum Gasteiger partial charge on any atom is -0.480 e. The van der Waals surface area contributed by atoms with E-state index in [1.807, 2.05) is 42.7 Å². The second-order valence-electron chi connectivity index (χ2n) is 8.82. The number of carboxylic acid groups (broad SMARTS) is 1. The molecule has 0 radical (unpaired) electrons. The summed E-state index contributed by atoms with van der Waals surface area (Å²) in [5, 5.41) is 14.8. The van der Waals surface area contributed by atoms with Crippen LogP contribution in [0.25, 0.3) is 11.1 Å². The van der Waals surface area contributed by atoms with Gasteiger partial charge in [-0.3, -0.25) is 4.79 Å². The van der Waals surface area contributed by atoms with Crippen molar-refractivity contribution in [2.75, 3.05) is 18.6 Å². The molecule has 0 spiro atoms. The molecule has 180 valence electrons. The molecule has 2 aliphatic rings. The normalized spacial score (nSPS) is 16.5. The summed E-state index contributed by atoms with van der Waals surface area (Å²) < 4.78 is 5.58. The van der Waals surface area contributed by atoms with E-state index in [2.05, 4.69) is 22.8 Å². The van der Waals surface area contributed by atoms with E-state index in [1.54, 1.807) is 11.8 Å². The minimum atomic E-state index is -1.04. The summed E-state index contributed by atoms with van der Waals surface area (Å²) in [6.07, 6.45) is 4.15. The summed E-state index contributed by atoms with van der Waals surface area (Å²) in [7, 11) is 0. The van der Waals surface area contributed by atoms with Crippen LogP contribution < -0.4 is 10.6 Å². The molecule has 1 unspecified atom stereocenters. The van der Waals surface area contributed by atoms with Crippen LogP contribution in [0.3, 0.4) is 0 Å². The predicted octanol–water partition coefficient (Wildman–Crippen LogP) is 4.02. The Morgan fingerprint density at radius 3 is 2.18 bits per heavy atom. The van der Waals surface area contributed by atoms with E-state index in [0.717, 1.165) is 41.5 Å². The molecule has 0 heterocycles. The quantitative estimate of drug-likeness (QED) is 0.473. The molecule has 2 amide bonds. The van der Waals surface area contributed by atoms with Gasteiger partial charge in [-0.05, 0) is 59.4 Å². The zero-order valence-electron chi connectivity index (χ0n) is 19.2. The molecule has 7 nitrogen and oxygen atoms in total. The lowest BCUT2D eigenvalue weighted by Gasteiger charge is -2.32. The van der Waals surface area contributed by atoms with Gasteiger partial charge in [0.25, 0.3) is 0 Å². The van der Waals surface area contributed by atoms with Gasteiger partial charge in [0.1, 0.15) is 18.7 Å². The van der Waals surface area contributed by atoms with Crippen molar-refractivity contribution in [3.8, 4) is 11.1 Å². The maximum atomic E-state index is 12.9. The zero-order chi connectivity index (χ0) is 24.1. The zero-order valence-corrected chi connectivity index (χ0v) is 20.0. The number of thioether (sulfide) groups is 1. The number of carbonyl (C=O) groups excluding carboxylic acids is 2. The van der Waals surface area contributed by atoms with Gasteiger partial charge in [0.15, 0.2) is 0 Å². The summed E-state index contributed by atoms with van der Waals surface area (Å²) >= 11 is 1.55. The summed E-state index contributed by atoms with van der Waals surface area (Å²) in [4.78, 5) is 37.2. The highest BCUT2D eigenvalue weighted by Crippen LogP contribution is 2.44. The summed E-state index contributed by atoms with van der Waals surface area (Å²) in [6.45, 7) is 0.149. The lowest BCUT2D eigenvalue weighted by molar-refractivity contribution is -0.144. The maximum absolute atomic E-state index is 12.9.